The third kappa shape index (κ3) is 4.56. The highest BCUT2D eigenvalue weighted by atomic mass is 32.2. The van der Waals surface area contributed by atoms with E-state index >= 15 is 0 Å². The lowest BCUT2D eigenvalue weighted by Crippen LogP contribution is -2.22. The van der Waals surface area contributed by atoms with Gasteiger partial charge in [0.05, 0.1) is 7.11 Å². The van der Waals surface area contributed by atoms with Gasteiger partial charge in [0.25, 0.3) is 0 Å². The molecule has 1 aliphatic heterocycles. The summed E-state index contributed by atoms with van der Waals surface area (Å²) in [5, 5.41) is 3.13. The van der Waals surface area contributed by atoms with Gasteiger partial charge < -0.3 is 10.1 Å². The van der Waals surface area contributed by atoms with Crippen LogP contribution in [0.4, 0.5) is 0 Å². The van der Waals surface area contributed by atoms with Crippen molar-refractivity contribution in [2.75, 3.05) is 25.2 Å². The van der Waals surface area contributed by atoms with E-state index < -0.39 is 0 Å². The fourth-order valence-corrected chi connectivity index (χ4v) is 2.58. The van der Waals surface area contributed by atoms with Crippen LogP contribution in [-0.2, 0) is 9.53 Å². The highest BCUT2D eigenvalue weighted by Crippen LogP contribution is 2.21. The average Bonchev–Trinajstić information content (AvgIpc) is 2.25. The zero-order valence-electron chi connectivity index (χ0n) is 8.49. The molecule has 0 radical (unpaired) electrons. The van der Waals surface area contributed by atoms with Gasteiger partial charge in [0, 0.05) is 18.8 Å². The molecule has 1 fully saturated rings. The summed E-state index contributed by atoms with van der Waals surface area (Å²) in [4.78, 5) is 10.7. The van der Waals surface area contributed by atoms with Crippen molar-refractivity contribution in [3.63, 3.8) is 0 Å². The molecule has 3 nitrogen and oxygen atoms in total. The fourth-order valence-electron chi connectivity index (χ4n) is 1.38. The van der Waals surface area contributed by atoms with E-state index in [1.165, 1.54) is 37.5 Å². The van der Waals surface area contributed by atoms with Crippen molar-refractivity contribution in [1.29, 1.82) is 0 Å². The normalized spacial score (nSPS) is 18.4. The van der Waals surface area contributed by atoms with Gasteiger partial charge in [0.1, 0.15) is 0 Å². The minimum atomic E-state index is -0.309. The number of esters is 1. The summed E-state index contributed by atoms with van der Waals surface area (Å²) in [5.41, 5.74) is 0. The van der Waals surface area contributed by atoms with Crippen molar-refractivity contribution in [2.24, 2.45) is 5.92 Å². The van der Waals surface area contributed by atoms with Gasteiger partial charge in [-0.2, -0.15) is 11.8 Å². The van der Waals surface area contributed by atoms with Gasteiger partial charge in [0.15, 0.2) is 0 Å². The number of nitrogens with one attached hydrogen (secondary N) is 1. The Labute approximate surface area is 89.3 Å². The van der Waals surface area contributed by atoms with E-state index in [2.05, 4.69) is 10.1 Å². The second kappa shape index (κ2) is 6.76. The summed E-state index contributed by atoms with van der Waals surface area (Å²) in [5.74, 6) is 3.00. The first kappa shape index (κ1) is 11.4. The minimum absolute atomic E-state index is 0.309. The molecular formula is C10H17NO2S. The topological polar surface area (TPSA) is 38.3 Å². The Morgan fingerprint density at radius 2 is 2.29 bits per heavy atom. The number of hydrogen-bond donors (Lipinski definition) is 1. The van der Waals surface area contributed by atoms with Crippen LogP contribution < -0.4 is 5.32 Å². The first-order valence-electron chi connectivity index (χ1n) is 4.88. The van der Waals surface area contributed by atoms with Gasteiger partial charge in [0.2, 0.25) is 0 Å². The Morgan fingerprint density at radius 1 is 1.57 bits per heavy atom. The smallest absolute Gasteiger partial charge is 0.331 e. The van der Waals surface area contributed by atoms with Gasteiger partial charge >= 0.3 is 5.97 Å². The molecule has 0 aromatic carbocycles. The summed E-state index contributed by atoms with van der Waals surface area (Å²) in [6.45, 7) is 0.966. The number of thioether (sulfide) groups is 1. The average molecular weight is 215 g/mol. The lowest BCUT2D eigenvalue weighted by Gasteiger charge is -2.20. The molecule has 0 aliphatic carbocycles. The van der Waals surface area contributed by atoms with E-state index in [1.807, 2.05) is 11.8 Å². The third-order valence-electron chi connectivity index (χ3n) is 2.29. The highest BCUT2D eigenvalue weighted by Gasteiger charge is 2.12. The Kier molecular flexibility index (Phi) is 5.52. The first-order chi connectivity index (χ1) is 6.83. The number of rotatable bonds is 4. The number of carbonyl (C=O) groups excluding carboxylic acids is 1. The Morgan fingerprint density at radius 3 is 2.93 bits per heavy atom. The molecule has 1 rings (SSSR count). The summed E-state index contributed by atoms with van der Waals surface area (Å²) < 4.78 is 4.47. The number of ether oxygens (including phenoxy) is 1. The molecule has 0 aromatic rings. The molecule has 0 saturated carbocycles. The highest BCUT2D eigenvalue weighted by molar-refractivity contribution is 7.99. The van der Waals surface area contributed by atoms with Gasteiger partial charge in [-0.05, 0) is 30.3 Å². The number of carbonyl (C=O) groups is 1. The first-order valence-corrected chi connectivity index (χ1v) is 6.04. The van der Waals surface area contributed by atoms with Crippen LogP contribution in [0.15, 0.2) is 12.3 Å². The maximum atomic E-state index is 10.7. The van der Waals surface area contributed by atoms with Crippen LogP contribution in [0.5, 0.6) is 0 Å². The quantitative estimate of drug-likeness (QED) is 0.568. The van der Waals surface area contributed by atoms with Crippen molar-refractivity contribution in [2.45, 2.75) is 12.8 Å². The lowest BCUT2D eigenvalue weighted by atomic mass is 10.0. The predicted molar refractivity (Wildman–Crippen MR) is 59.2 cm³/mol. The molecule has 0 amide bonds. The van der Waals surface area contributed by atoms with Gasteiger partial charge in [-0.1, -0.05) is 0 Å². The van der Waals surface area contributed by atoms with E-state index in [0.29, 0.717) is 0 Å². The Bertz CT molecular complexity index is 200. The van der Waals surface area contributed by atoms with Crippen molar-refractivity contribution < 1.29 is 9.53 Å². The standard InChI is InChI=1S/C10H17NO2S/c1-13-10(12)2-5-11-8-9-3-6-14-7-4-9/h2,5,9,11H,3-4,6-8H2,1H3/b5-2+. The number of hydrogen-bond acceptors (Lipinski definition) is 4. The molecule has 1 aliphatic rings. The van der Waals surface area contributed by atoms with Crippen LogP contribution in [-0.4, -0.2) is 31.1 Å². The molecule has 1 N–H and O–H groups in total. The molecule has 14 heavy (non-hydrogen) atoms. The Hall–Kier alpha value is -0.640. The van der Waals surface area contributed by atoms with Crippen molar-refractivity contribution >= 4 is 17.7 Å². The molecule has 0 aromatic heterocycles. The summed E-state index contributed by atoms with van der Waals surface area (Å²) >= 11 is 2.03. The van der Waals surface area contributed by atoms with Crippen LogP contribution in [0, 0.1) is 5.92 Å². The molecule has 0 atom stereocenters. The van der Waals surface area contributed by atoms with Crippen LogP contribution in [0.2, 0.25) is 0 Å². The minimum Gasteiger partial charge on any atom is -0.466 e. The third-order valence-corrected chi connectivity index (χ3v) is 3.33. The summed E-state index contributed by atoms with van der Waals surface area (Å²) in [6.07, 6.45) is 5.65. The molecule has 4 heteroatoms. The van der Waals surface area contributed by atoms with E-state index in [0.717, 1.165) is 12.5 Å². The zero-order chi connectivity index (χ0) is 10.2. The van der Waals surface area contributed by atoms with Crippen molar-refractivity contribution in [3.05, 3.63) is 12.3 Å². The monoisotopic (exact) mass is 215 g/mol. The van der Waals surface area contributed by atoms with Crippen LogP contribution in [0.3, 0.4) is 0 Å². The SMILES string of the molecule is COC(=O)/C=C/NCC1CCSCC1. The summed E-state index contributed by atoms with van der Waals surface area (Å²) in [6, 6.07) is 0. The van der Waals surface area contributed by atoms with E-state index in [-0.39, 0.29) is 5.97 Å². The molecule has 1 saturated heterocycles. The van der Waals surface area contributed by atoms with Crippen molar-refractivity contribution in [1.82, 2.24) is 5.32 Å². The molecule has 0 unspecified atom stereocenters. The predicted octanol–water partition coefficient (Wildman–Crippen LogP) is 1.41. The van der Waals surface area contributed by atoms with Crippen LogP contribution in [0.25, 0.3) is 0 Å². The molecule has 1 heterocycles. The van der Waals surface area contributed by atoms with Gasteiger partial charge in [-0.3, -0.25) is 0 Å². The second-order valence-electron chi connectivity index (χ2n) is 3.32. The van der Waals surface area contributed by atoms with Crippen LogP contribution in [0.1, 0.15) is 12.8 Å². The Balaban J connectivity index is 2.07. The maximum absolute atomic E-state index is 10.7. The van der Waals surface area contributed by atoms with E-state index in [9.17, 15) is 4.79 Å². The largest absolute Gasteiger partial charge is 0.466 e. The maximum Gasteiger partial charge on any atom is 0.331 e. The summed E-state index contributed by atoms with van der Waals surface area (Å²) in [7, 11) is 1.38. The molecule has 0 bridgehead atoms. The fraction of sp³-hybridized carbons (Fsp3) is 0.700. The van der Waals surface area contributed by atoms with Gasteiger partial charge in [-0.15, -0.1) is 0 Å². The van der Waals surface area contributed by atoms with E-state index in [1.54, 1.807) is 6.20 Å². The van der Waals surface area contributed by atoms with Crippen molar-refractivity contribution in [3.8, 4) is 0 Å². The molecule has 80 valence electrons. The van der Waals surface area contributed by atoms with E-state index in [4.69, 9.17) is 0 Å². The molecular weight excluding hydrogens is 198 g/mol. The molecule has 0 spiro atoms. The van der Waals surface area contributed by atoms with Gasteiger partial charge in [-0.25, -0.2) is 4.79 Å². The number of methoxy groups -OCH3 is 1. The lowest BCUT2D eigenvalue weighted by molar-refractivity contribution is -0.134. The van der Waals surface area contributed by atoms with Crippen LogP contribution >= 0.6 is 11.8 Å². The zero-order valence-corrected chi connectivity index (χ0v) is 9.31. The second-order valence-corrected chi connectivity index (χ2v) is 4.55.